The molecule has 40 heavy (non-hydrogen) atoms. The molecule has 2 aliphatic rings. The van der Waals surface area contributed by atoms with Gasteiger partial charge in [-0.3, -0.25) is 14.4 Å². The molecule has 0 bridgehead atoms. The van der Waals surface area contributed by atoms with Crippen LogP contribution in [0.25, 0.3) is 0 Å². The van der Waals surface area contributed by atoms with Gasteiger partial charge in [-0.2, -0.15) is 13.2 Å². The van der Waals surface area contributed by atoms with E-state index in [1.807, 2.05) is 0 Å². The van der Waals surface area contributed by atoms with Crippen molar-refractivity contribution in [2.75, 3.05) is 23.3 Å². The summed E-state index contributed by atoms with van der Waals surface area (Å²) in [4.78, 5) is 24.1. The number of rotatable bonds is 8. The second-order valence-electron chi connectivity index (χ2n) is 10.3. The van der Waals surface area contributed by atoms with Crippen LogP contribution >= 0.6 is 0 Å². The first-order valence-electron chi connectivity index (χ1n) is 12.2. The number of anilines is 2. The Balaban J connectivity index is 1.70. The number of ether oxygens (including phenoxy) is 3. The fraction of sp³-hybridized carbons (Fsp3) is 0.462. The van der Waals surface area contributed by atoms with Gasteiger partial charge < -0.3 is 14.2 Å². The normalized spacial score (nSPS) is 18.3. The Kier molecular flexibility index (Phi) is 7.45. The van der Waals surface area contributed by atoms with Crippen LogP contribution in [0, 0.1) is 11.2 Å². The van der Waals surface area contributed by atoms with Crippen molar-refractivity contribution < 1.29 is 49.8 Å². The van der Waals surface area contributed by atoms with Crippen LogP contribution in [0.15, 0.2) is 41.3 Å². The Morgan fingerprint density at radius 1 is 1.15 bits per heavy atom. The molecular formula is C26H28F4N2O7S. The molecule has 1 amide bonds. The lowest BCUT2D eigenvalue weighted by Crippen LogP contribution is -2.45. The number of alkyl halides is 3. The van der Waals surface area contributed by atoms with E-state index in [0.717, 1.165) is 22.5 Å². The third-order valence-electron chi connectivity index (χ3n) is 7.10. The van der Waals surface area contributed by atoms with E-state index >= 15 is 0 Å². The average Bonchev–Trinajstić information content (AvgIpc) is 3.63. The summed E-state index contributed by atoms with van der Waals surface area (Å²) in [5.74, 6) is -1.00. The third kappa shape index (κ3) is 5.67. The number of carbonyl (C=O) groups is 2. The number of amides is 1. The number of benzene rings is 2. The molecule has 4 rings (SSSR count). The van der Waals surface area contributed by atoms with Crippen LogP contribution in [0.5, 0.6) is 11.5 Å². The fourth-order valence-electron chi connectivity index (χ4n) is 4.37. The summed E-state index contributed by atoms with van der Waals surface area (Å²) in [5, 5.41) is 2.18. The third-order valence-corrected chi connectivity index (χ3v) is 8.87. The summed E-state index contributed by atoms with van der Waals surface area (Å²) in [6.45, 7) is 2.62. The molecular weight excluding hydrogens is 560 g/mol. The molecule has 1 aliphatic carbocycles. The van der Waals surface area contributed by atoms with E-state index in [9.17, 15) is 35.6 Å². The van der Waals surface area contributed by atoms with E-state index < -0.39 is 45.2 Å². The Hall–Kier alpha value is -3.55. The van der Waals surface area contributed by atoms with Gasteiger partial charge in [0.05, 0.1) is 24.2 Å². The summed E-state index contributed by atoms with van der Waals surface area (Å²) in [6.07, 6.45) is -5.39. The minimum atomic E-state index is -4.83. The first-order valence-corrected chi connectivity index (χ1v) is 13.7. The molecule has 1 saturated carbocycles. The molecule has 218 valence electrons. The molecule has 0 radical (unpaired) electrons. The quantitative estimate of drug-likeness (QED) is 0.409. The highest BCUT2D eigenvalue weighted by atomic mass is 32.2. The molecule has 1 atom stereocenters. The maximum absolute atomic E-state index is 14.0. The molecule has 14 heteroatoms. The van der Waals surface area contributed by atoms with E-state index in [-0.39, 0.29) is 46.5 Å². The van der Waals surface area contributed by atoms with Crippen molar-refractivity contribution in [2.45, 2.75) is 62.8 Å². The number of sulfonamides is 1. The van der Waals surface area contributed by atoms with Crippen LogP contribution in [-0.4, -0.2) is 51.8 Å². The summed E-state index contributed by atoms with van der Waals surface area (Å²) in [7, 11) is -3.19. The Labute approximate surface area is 228 Å². The predicted octanol–water partition coefficient (Wildman–Crippen LogP) is 5.44. The lowest BCUT2D eigenvalue weighted by atomic mass is 9.93. The number of Topliss-reactive ketones (excluding diaryl/α,β-unsaturated/α-hetero) is 1. The van der Waals surface area contributed by atoms with Crippen molar-refractivity contribution in [1.82, 2.24) is 0 Å². The van der Waals surface area contributed by atoms with Crippen LogP contribution in [0.1, 0.15) is 40.0 Å². The summed E-state index contributed by atoms with van der Waals surface area (Å²) in [6, 6.07) is 6.90. The highest BCUT2D eigenvalue weighted by molar-refractivity contribution is 7.92. The van der Waals surface area contributed by atoms with Gasteiger partial charge in [-0.1, -0.05) is 0 Å². The number of carbonyl (C=O) groups excluding carboxylic acids is 2. The van der Waals surface area contributed by atoms with E-state index in [0.29, 0.717) is 26.7 Å². The maximum atomic E-state index is 14.0. The van der Waals surface area contributed by atoms with E-state index in [4.69, 9.17) is 9.47 Å². The van der Waals surface area contributed by atoms with Gasteiger partial charge in [-0.15, -0.1) is 0 Å². The van der Waals surface area contributed by atoms with Gasteiger partial charge >= 0.3 is 12.3 Å². The molecule has 1 heterocycles. The molecule has 0 saturated heterocycles. The lowest BCUT2D eigenvalue weighted by molar-refractivity contribution is -0.242. The number of methoxy groups -OCH3 is 1. The van der Waals surface area contributed by atoms with Crippen molar-refractivity contribution in [3.8, 4) is 11.5 Å². The standard InChI is InChI=1S/C26H28F4N2O7S/c1-15(33)25(9-10-25)13-17-14-32(40(35,36)18-6-7-19(27)22(12-18)37-4)20-11-16(5-8-21(20)38-17)31-23(34)39-24(2,3)26(28,29)30/h5-8,11-12,17H,9-10,13-14H2,1-4H3,(H,31,34). The average molecular weight is 589 g/mol. The van der Waals surface area contributed by atoms with E-state index in [2.05, 4.69) is 10.1 Å². The Bertz CT molecular complexity index is 1440. The molecule has 1 N–H and O–H groups in total. The van der Waals surface area contributed by atoms with Gasteiger partial charge in [-0.05, 0) is 70.4 Å². The van der Waals surface area contributed by atoms with Crippen LogP contribution in [-0.2, 0) is 19.6 Å². The minimum absolute atomic E-state index is 0.0277. The fourth-order valence-corrected chi connectivity index (χ4v) is 5.89. The number of hydrogen-bond acceptors (Lipinski definition) is 7. The number of nitrogens with one attached hydrogen (secondary N) is 1. The predicted molar refractivity (Wildman–Crippen MR) is 136 cm³/mol. The van der Waals surface area contributed by atoms with Gasteiger partial charge in [-0.25, -0.2) is 17.6 Å². The number of halogens is 4. The summed E-state index contributed by atoms with van der Waals surface area (Å²) in [5.41, 5.74) is -3.48. The van der Waals surface area contributed by atoms with Gasteiger partial charge in [0.2, 0.25) is 5.60 Å². The number of hydrogen-bond donors (Lipinski definition) is 1. The monoisotopic (exact) mass is 588 g/mol. The maximum Gasteiger partial charge on any atom is 0.427 e. The lowest BCUT2D eigenvalue weighted by Gasteiger charge is -2.37. The first kappa shape index (κ1) is 29.4. The zero-order chi connectivity index (χ0) is 29.7. The summed E-state index contributed by atoms with van der Waals surface area (Å²) >= 11 is 0. The van der Waals surface area contributed by atoms with Gasteiger partial charge in [0.15, 0.2) is 11.6 Å². The second-order valence-corrected chi connectivity index (χ2v) is 12.2. The molecule has 9 nitrogen and oxygen atoms in total. The molecule has 1 fully saturated rings. The molecule has 1 aliphatic heterocycles. The highest BCUT2D eigenvalue weighted by Gasteiger charge is 2.52. The van der Waals surface area contributed by atoms with Gasteiger partial charge in [0.25, 0.3) is 10.0 Å². The Morgan fingerprint density at radius 2 is 1.82 bits per heavy atom. The highest BCUT2D eigenvalue weighted by Crippen LogP contribution is 2.52. The molecule has 0 aromatic heterocycles. The Morgan fingerprint density at radius 3 is 2.40 bits per heavy atom. The van der Waals surface area contributed by atoms with Crippen molar-refractivity contribution in [3.05, 3.63) is 42.2 Å². The molecule has 1 unspecified atom stereocenters. The summed E-state index contributed by atoms with van der Waals surface area (Å²) < 4.78 is 97.6. The van der Waals surface area contributed by atoms with Crippen molar-refractivity contribution in [2.24, 2.45) is 5.41 Å². The molecule has 0 spiro atoms. The largest absolute Gasteiger partial charge is 0.494 e. The number of ketones is 1. The van der Waals surface area contributed by atoms with E-state index in [1.165, 1.54) is 32.2 Å². The van der Waals surface area contributed by atoms with Crippen LogP contribution in [0.4, 0.5) is 33.7 Å². The molecule has 2 aromatic carbocycles. The van der Waals surface area contributed by atoms with Gasteiger partial charge in [0, 0.05) is 17.2 Å². The molecule has 2 aromatic rings. The smallest absolute Gasteiger partial charge is 0.427 e. The second kappa shape index (κ2) is 10.1. The first-order chi connectivity index (χ1) is 18.5. The van der Waals surface area contributed by atoms with Crippen LogP contribution < -0.4 is 19.1 Å². The van der Waals surface area contributed by atoms with Crippen molar-refractivity contribution in [1.29, 1.82) is 0 Å². The number of fused-ring (bicyclic) bond motifs is 1. The zero-order valence-corrected chi connectivity index (χ0v) is 22.9. The number of nitrogens with zero attached hydrogens (tertiary/aromatic N) is 1. The van der Waals surface area contributed by atoms with Crippen molar-refractivity contribution >= 4 is 33.3 Å². The SMILES string of the molecule is COc1cc(S(=O)(=O)N2CC(CC3(C(C)=O)CC3)Oc3ccc(NC(=O)OC(C)(C)C(F)(F)F)cc32)ccc1F. The minimum Gasteiger partial charge on any atom is -0.494 e. The van der Waals surface area contributed by atoms with Crippen molar-refractivity contribution in [3.63, 3.8) is 0 Å². The zero-order valence-electron chi connectivity index (χ0n) is 22.1. The topological polar surface area (TPSA) is 111 Å². The van der Waals surface area contributed by atoms with Crippen LogP contribution in [0.3, 0.4) is 0 Å². The van der Waals surface area contributed by atoms with E-state index in [1.54, 1.807) is 0 Å². The van der Waals surface area contributed by atoms with Crippen LogP contribution in [0.2, 0.25) is 0 Å². The van der Waals surface area contributed by atoms with Gasteiger partial charge in [0.1, 0.15) is 17.6 Å².